The summed E-state index contributed by atoms with van der Waals surface area (Å²) in [6.45, 7) is 17.3. The van der Waals surface area contributed by atoms with Gasteiger partial charge in [-0.05, 0) is 37.1 Å². The predicted octanol–water partition coefficient (Wildman–Crippen LogP) is 3.90. The molecule has 25 heavy (non-hydrogen) atoms. The van der Waals surface area contributed by atoms with Crippen LogP contribution in [-0.2, 0) is 10.1 Å². The Labute approximate surface area is 145 Å². The molecule has 0 atom stereocenters. The second-order valence-corrected chi connectivity index (χ2v) is 6.71. The van der Waals surface area contributed by atoms with E-state index >= 15 is 0 Å². The highest BCUT2D eigenvalue weighted by Crippen LogP contribution is 2.30. The maximum atomic E-state index is 12.4. The van der Waals surface area contributed by atoms with Crippen molar-refractivity contribution in [2.75, 3.05) is 5.32 Å². The van der Waals surface area contributed by atoms with Crippen LogP contribution in [0.1, 0.15) is 21.5 Å². The quantitative estimate of drug-likeness (QED) is 0.645. The van der Waals surface area contributed by atoms with Gasteiger partial charge < -0.3 is 5.32 Å². The van der Waals surface area contributed by atoms with Crippen LogP contribution in [0.4, 0.5) is 17.1 Å². The van der Waals surface area contributed by atoms with Crippen LogP contribution in [0.15, 0.2) is 35.2 Å². The van der Waals surface area contributed by atoms with Crippen LogP contribution in [0.25, 0.3) is 9.69 Å². The lowest BCUT2D eigenvalue weighted by Crippen LogP contribution is -2.14. The topological polar surface area (TPSA) is 92.2 Å². The molecule has 0 aromatic heterocycles. The average Bonchev–Trinajstić information content (AvgIpc) is 2.56. The zero-order chi connectivity index (χ0) is 18.8. The molecule has 2 aromatic rings. The molecule has 1 amide bonds. The summed E-state index contributed by atoms with van der Waals surface area (Å²) in [5.74, 6) is -0.493. The number of carbonyl (C=O) groups excluding carboxylic acids is 1. The van der Waals surface area contributed by atoms with Crippen LogP contribution in [0.3, 0.4) is 0 Å². The molecule has 7 nitrogen and oxygen atoms in total. The fourth-order valence-corrected chi connectivity index (χ4v) is 2.96. The monoisotopic (exact) mass is 355 g/mol. The first-order valence-electron chi connectivity index (χ1n) is 6.96. The van der Waals surface area contributed by atoms with Crippen molar-refractivity contribution >= 4 is 33.1 Å². The molecule has 0 unspecified atom stereocenters. The molecule has 0 bridgehead atoms. The number of hydrogen-bond acceptors (Lipinski definition) is 3. The predicted molar refractivity (Wildman–Crippen MR) is 92.6 cm³/mol. The van der Waals surface area contributed by atoms with Crippen molar-refractivity contribution in [3.8, 4) is 0 Å². The van der Waals surface area contributed by atoms with Gasteiger partial charge in [0.05, 0.1) is 18.0 Å². The van der Waals surface area contributed by atoms with E-state index in [4.69, 9.17) is 17.7 Å². The van der Waals surface area contributed by atoms with Crippen LogP contribution >= 0.6 is 0 Å². The highest BCUT2D eigenvalue weighted by atomic mass is 32.2. The Hall–Kier alpha value is -3.20. The van der Waals surface area contributed by atoms with E-state index in [1.54, 1.807) is 13.8 Å². The number of nitrogens with zero attached hydrogens (tertiary/aromatic N) is 2. The third-order valence-electron chi connectivity index (χ3n) is 3.52. The zero-order valence-corrected chi connectivity index (χ0v) is 14.2. The molecule has 0 aliphatic carbocycles. The van der Waals surface area contributed by atoms with E-state index in [9.17, 15) is 13.2 Å². The van der Waals surface area contributed by atoms with E-state index in [-0.39, 0.29) is 21.8 Å². The highest BCUT2D eigenvalue weighted by molar-refractivity contribution is 7.85. The van der Waals surface area contributed by atoms with E-state index in [0.29, 0.717) is 16.8 Å². The van der Waals surface area contributed by atoms with Crippen LogP contribution in [0.5, 0.6) is 0 Å². The van der Waals surface area contributed by atoms with Gasteiger partial charge in [-0.1, -0.05) is 18.2 Å². The molecule has 0 fully saturated rings. The average molecular weight is 355 g/mol. The number of carbonyl (C=O) groups is 1. The summed E-state index contributed by atoms with van der Waals surface area (Å²) < 4.78 is 31.6. The van der Waals surface area contributed by atoms with Gasteiger partial charge in [-0.3, -0.25) is 19.0 Å². The van der Waals surface area contributed by atoms with E-state index in [0.717, 1.165) is 0 Å². The van der Waals surface area contributed by atoms with Crippen molar-refractivity contribution in [2.24, 2.45) is 0 Å². The SMILES string of the molecule is [C-]#[N+]c1ccc(C(=O)Nc2c(C)cc(S(=O)(=O)O)cc2C)cc1[N+]#[C-]. The number of benzene rings is 2. The van der Waals surface area contributed by atoms with E-state index in [1.807, 2.05) is 0 Å². The van der Waals surface area contributed by atoms with Gasteiger partial charge in [-0.2, -0.15) is 8.42 Å². The number of hydrogen-bond donors (Lipinski definition) is 2. The molecule has 8 heteroatoms. The number of rotatable bonds is 3. The van der Waals surface area contributed by atoms with Gasteiger partial charge in [-0.25, -0.2) is 0 Å². The van der Waals surface area contributed by atoms with Crippen LogP contribution in [0, 0.1) is 27.0 Å². The minimum absolute atomic E-state index is 0.0813. The standard InChI is InChI=1S/C17H13N3O4S/c1-10-7-13(25(22,23)24)8-11(2)16(10)20-17(21)12-5-6-14(18-3)15(9-12)19-4/h5-9H,1-2H3,(H,20,21)(H,22,23,24). The lowest BCUT2D eigenvalue weighted by Gasteiger charge is -2.13. The normalized spacial score (nSPS) is 10.6. The maximum absolute atomic E-state index is 12.4. The Bertz CT molecular complexity index is 1040. The summed E-state index contributed by atoms with van der Waals surface area (Å²) in [4.78, 5) is 18.6. The van der Waals surface area contributed by atoms with Gasteiger partial charge in [-0.15, -0.1) is 0 Å². The number of aryl methyl sites for hydroxylation is 2. The molecule has 0 saturated carbocycles. The van der Waals surface area contributed by atoms with Crippen molar-refractivity contribution in [1.29, 1.82) is 0 Å². The lowest BCUT2D eigenvalue weighted by atomic mass is 10.1. The van der Waals surface area contributed by atoms with Crippen LogP contribution in [0.2, 0.25) is 0 Å². The number of nitrogens with one attached hydrogen (secondary N) is 1. The van der Waals surface area contributed by atoms with Crippen molar-refractivity contribution < 1.29 is 17.8 Å². The third-order valence-corrected chi connectivity index (χ3v) is 4.35. The maximum Gasteiger partial charge on any atom is 0.294 e. The fraction of sp³-hybridized carbons (Fsp3) is 0.118. The lowest BCUT2D eigenvalue weighted by molar-refractivity contribution is 0.102. The summed E-state index contributed by atoms with van der Waals surface area (Å²) in [5.41, 5.74) is 1.79. The van der Waals surface area contributed by atoms with Gasteiger partial charge in [0.1, 0.15) is 0 Å². The summed E-state index contributed by atoms with van der Waals surface area (Å²) in [6, 6.07) is 6.67. The van der Waals surface area contributed by atoms with Gasteiger partial charge in [0.25, 0.3) is 16.0 Å². The second kappa shape index (κ2) is 6.73. The summed E-state index contributed by atoms with van der Waals surface area (Å²) >= 11 is 0. The molecular weight excluding hydrogens is 342 g/mol. The summed E-state index contributed by atoms with van der Waals surface area (Å²) in [5, 5.41) is 2.67. The molecule has 126 valence electrons. The van der Waals surface area contributed by atoms with Gasteiger partial charge in [0, 0.05) is 11.3 Å². The van der Waals surface area contributed by atoms with Crippen molar-refractivity contribution in [3.05, 3.63) is 69.9 Å². The molecule has 2 N–H and O–H groups in total. The van der Waals surface area contributed by atoms with E-state index in [2.05, 4.69) is 15.0 Å². The minimum Gasteiger partial charge on any atom is -0.322 e. The van der Waals surface area contributed by atoms with Crippen LogP contribution in [-0.4, -0.2) is 18.9 Å². The molecule has 0 heterocycles. The molecule has 2 aromatic carbocycles. The first-order chi connectivity index (χ1) is 11.7. The van der Waals surface area contributed by atoms with Gasteiger partial charge in [0.15, 0.2) is 11.4 Å². The molecular formula is C17H13N3O4S. The summed E-state index contributed by atoms with van der Waals surface area (Å²) in [7, 11) is -4.34. The second-order valence-electron chi connectivity index (χ2n) is 5.29. The summed E-state index contributed by atoms with van der Waals surface area (Å²) in [6.07, 6.45) is 0. The van der Waals surface area contributed by atoms with Gasteiger partial charge >= 0.3 is 0 Å². The van der Waals surface area contributed by atoms with Crippen molar-refractivity contribution in [3.63, 3.8) is 0 Å². The van der Waals surface area contributed by atoms with E-state index < -0.39 is 16.0 Å². The molecule has 0 spiro atoms. The van der Waals surface area contributed by atoms with Crippen molar-refractivity contribution in [1.82, 2.24) is 0 Å². The highest BCUT2D eigenvalue weighted by Gasteiger charge is 2.16. The molecule has 0 saturated heterocycles. The van der Waals surface area contributed by atoms with Gasteiger partial charge in [0.2, 0.25) is 0 Å². The van der Waals surface area contributed by atoms with Crippen molar-refractivity contribution in [2.45, 2.75) is 18.7 Å². The minimum atomic E-state index is -4.34. The van der Waals surface area contributed by atoms with Crippen LogP contribution < -0.4 is 5.32 Å². The largest absolute Gasteiger partial charge is 0.322 e. The molecule has 0 radical (unpaired) electrons. The molecule has 0 aliphatic heterocycles. The Morgan fingerprint density at radius 3 is 2.08 bits per heavy atom. The van der Waals surface area contributed by atoms with E-state index in [1.165, 1.54) is 30.3 Å². The zero-order valence-electron chi connectivity index (χ0n) is 13.4. The Balaban J connectivity index is 2.40. The third kappa shape index (κ3) is 3.83. The molecule has 2 rings (SSSR count). The Kier molecular flexibility index (Phi) is 4.89. The first kappa shape index (κ1) is 18.1. The Morgan fingerprint density at radius 2 is 1.60 bits per heavy atom. The molecule has 0 aliphatic rings. The first-order valence-corrected chi connectivity index (χ1v) is 8.40. The fourth-order valence-electron chi connectivity index (χ4n) is 2.30. The smallest absolute Gasteiger partial charge is 0.294 e. The Morgan fingerprint density at radius 1 is 1.04 bits per heavy atom. The number of amides is 1. The number of anilines is 1.